The quantitative estimate of drug-likeness (QED) is 0.662. The Morgan fingerprint density at radius 2 is 1.96 bits per heavy atom. The van der Waals surface area contributed by atoms with Crippen LogP contribution < -0.4 is 10.1 Å². The molecule has 2 amide bonds. The molecule has 1 aliphatic heterocycles. The summed E-state index contributed by atoms with van der Waals surface area (Å²) in [5, 5.41) is 4.09. The van der Waals surface area contributed by atoms with Gasteiger partial charge in [-0.15, -0.1) is 0 Å². The van der Waals surface area contributed by atoms with E-state index in [4.69, 9.17) is 4.74 Å². The molecule has 0 spiro atoms. The molecule has 144 valence electrons. The van der Waals surface area contributed by atoms with Gasteiger partial charge in [0.2, 0.25) is 0 Å². The summed E-state index contributed by atoms with van der Waals surface area (Å²) in [6.45, 7) is 2.00. The third-order valence-corrected chi connectivity index (χ3v) is 5.08. The largest absolute Gasteiger partial charge is 0.486 e. The fourth-order valence-electron chi connectivity index (χ4n) is 3.60. The van der Waals surface area contributed by atoms with Crippen molar-refractivity contribution in [2.24, 2.45) is 0 Å². The number of urea groups is 1. The van der Waals surface area contributed by atoms with Crippen LogP contribution in [-0.4, -0.2) is 41.7 Å². The smallest absolute Gasteiger partial charge is 0.317 e. The van der Waals surface area contributed by atoms with E-state index in [1.165, 1.54) is 5.56 Å². The first-order valence-electron chi connectivity index (χ1n) is 9.87. The molecule has 3 aromatic rings. The second-order valence-electron chi connectivity index (χ2n) is 7.13. The van der Waals surface area contributed by atoms with Gasteiger partial charge in [-0.2, -0.15) is 0 Å². The Kier molecular flexibility index (Phi) is 5.71. The number of carbonyl (C=O) groups is 1. The molecular formula is C23H25N3O2. The number of benzene rings is 2. The molecule has 1 fully saturated rings. The Labute approximate surface area is 165 Å². The van der Waals surface area contributed by atoms with Gasteiger partial charge in [0.25, 0.3) is 0 Å². The van der Waals surface area contributed by atoms with E-state index < -0.39 is 0 Å². The van der Waals surface area contributed by atoms with E-state index in [2.05, 4.69) is 22.4 Å². The lowest BCUT2D eigenvalue weighted by Gasteiger charge is -2.18. The lowest BCUT2D eigenvalue weighted by molar-refractivity contribution is 0.188. The molecule has 2 aromatic carbocycles. The van der Waals surface area contributed by atoms with Gasteiger partial charge in [-0.1, -0.05) is 48.5 Å². The zero-order chi connectivity index (χ0) is 19.2. The van der Waals surface area contributed by atoms with Gasteiger partial charge in [0, 0.05) is 31.1 Å². The topological polar surface area (TPSA) is 54.5 Å². The van der Waals surface area contributed by atoms with Crippen molar-refractivity contribution in [1.82, 2.24) is 15.2 Å². The van der Waals surface area contributed by atoms with Gasteiger partial charge in [0.05, 0.1) is 6.54 Å². The van der Waals surface area contributed by atoms with Gasteiger partial charge >= 0.3 is 6.03 Å². The highest BCUT2D eigenvalue weighted by Crippen LogP contribution is 2.26. The summed E-state index contributed by atoms with van der Waals surface area (Å²) in [6, 6.07) is 20.2. The van der Waals surface area contributed by atoms with Crippen LogP contribution in [0.3, 0.4) is 0 Å². The standard InChI is InChI=1S/C23H25N3O2/c27-23(25-15-5-9-18-7-2-1-3-8-18)26-16-13-20(17-26)28-21-12-4-10-19-11-6-14-24-22(19)21/h1-4,6-8,10-12,14,20H,5,9,13,15-17H2,(H,25,27). The summed E-state index contributed by atoms with van der Waals surface area (Å²) >= 11 is 0. The molecule has 28 heavy (non-hydrogen) atoms. The van der Waals surface area contributed by atoms with Gasteiger partial charge in [0.15, 0.2) is 0 Å². The number of amides is 2. The Morgan fingerprint density at radius 3 is 2.86 bits per heavy atom. The second-order valence-corrected chi connectivity index (χ2v) is 7.13. The predicted octanol–water partition coefficient (Wildman–Crippen LogP) is 4.03. The van der Waals surface area contributed by atoms with Crippen molar-refractivity contribution in [1.29, 1.82) is 0 Å². The molecule has 0 bridgehead atoms. The van der Waals surface area contributed by atoms with Crippen molar-refractivity contribution in [3.63, 3.8) is 0 Å². The van der Waals surface area contributed by atoms with Crippen LogP contribution in [0.1, 0.15) is 18.4 Å². The molecule has 5 nitrogen and oxygen atoms in total. The number of likely N-dealkylation sites (tertiary alicyclic amines) is 1. The number of hydrogen-bond donors (Lipinski definition) is 1. The molecule has 1 aromatic heterocycles. The maximum Gasteiger partial charge on any atom is 0.317 e. The van der Waals surface area contributed by atoms with Crippen LogP contribution in [0.25, 0.3) is 10.9 Å². The summed E-state index contributed by atoms with van der Waals surface area (Å²) in [6.07, 6.45) is 4.52. The monoisotopic (exact) mass is 375 g/mol. The van der Waals surface area contributed by atoms with Crippen LogP contribution in [0.15, 0.2) is 66.9 Å². The number of aryl methyl sites for hydroxylation is 1. The molecule has 0 saturated carbocycles. The Bertz CT molecular complexity index is 924. The third kappa shape index (κ3) is 4.42. The number of fused-ring (bicyclic) bond motifs is 1. The molecule has 2 heterocycles. The highest BCUT2D eigenvalue weighted by molar-refractivity contribution is 5.84. The summed E-state index contributed by atoms with van der Waals surface area (Å²) in [5.74, 6) is 0.785. The molecule has 1 N–H and O–H groups in total. The first kappa shape index (κ1) is 18.3. The zero-order valence-corrected chi connectivity index (χ0v) is 15.9. The van der Waals surface area contributed by atoms with Crippen LogP contribution in [0.2, 0.25) is 0 Å². The molecule has 0 aliphatic carbocycles. The molecule has 4 rings (SSSR count). The average molecular weight is 375 g/mol. The van der Waals surface area contributed by atoms with Crippen molar-refractivity contribution in [2.45, 2.75) is 25.4 Å². The van der Waals surface area contributed by atoms with E-state index in [1.807, 2.05) is 53.4 Å². The van der Waals surface area contributed by atoms with Crippen molar-refractivity contribution in [3.8, 4) is 5.75 Å². The fraction of sp³-hybridized carbons (Fsp3) is 0.304. The number of para-hydroxylation sites is 1. The first-order chi connectivity index (χ1) is 13.8. The summed E-state index contributed by atoms with van der Waals surface area (Å²) < 4.78 is 6.17. The lowest BCUT2D eigenvalue weighted by Crippen LogP contribution is -2.39. The van der Waals surface area contributed by atoms with Gasteiger partial charge in [-0.05, 0) is 30.5 Å². The van der Waals surface area contributed by atoms with E-state index in [9.17, 15) is 4.79 Å². The van der Waals surface area contributed by atoms with Crippen LogP contribution in [0.5, 0.6) is 5.75 Å². The first-order valence-corrected chi connectivity index (χ1v) is 9.87. The maximum absolute atomic E-state index is 12.4. The highest BCUT2D eigenvalue weighted by atomic mass is 16.5. The van der Waals surface area contributed by atoms with Crippen molar-refractivity contribution in [3.05, 3.63) is 72.4 Å². The number of nitrogens with zero attached hydrogens (tertiary/aromatic N) is 2. The zero-order valence-electron chi connectivity index (χ0n) is 15.9. The summed E-state index contributed by atoms with van der Waals surface area (Å²) in [7, 11) is 0. The molecule has 0 radical (unpaired) electrons. The minimum absolute atomic E-state index is 0.00248. The number of ether oxygens (including phenoxy) is 1. The minimum atomic E-state index is -0.00444. The predicted molar refractivity (Wildman–Crippen MR) is 111 cm³/mol. The number of hydrogen-bond acceptors (Lipinski definition) is 3. The Balaban J connectivity index is 1.25. The van der Waals surface area contributed by atoms with Gasteiger partial charge in [0.1, 0.15) is 17.4 Å². The van der Waals surface area contributed by atoms with Crippen LogP contribution in [0, 0.1) is 0 Å². The number of pyridine rings is 1. The summed E-state index contributed by atoms with van der Waals surface area (Å²) in [5.41, 5.74) is 2.17. The number of rotatable bonds is 6. The molecular weight excluding hydrogens is 350 g/mol. The molecule has 1 unspecified atom stereocenters. The normalized spacial score (nSPS) is 16.3. The van der Waals surface area contributed by atoms with Crippen molar-refractivity contribution >= 4 is 16.9 Å². The minimum Gasteiger partial charge on any atom is -0.486 e. The molecule has 1 saturated heterocycles. The third-order valence-electron chi connectivity index (χ3n) is 5.08. The highest BCUT2D eigenvalue weighted by Gasteiger charge is 2.27. The molecule has 5 heteroatoms. The van der Waals surface area contributed by atoms with Gasteiger partial charge < -0.3 is 15.0 Å². The van der Waals surface area contributed by atoms with E-state index in [0.717, 1.165) is 35.9 Å². The van der Waals surface area contributed by atoms with E-state index in [-0.39, 0.29) is 12.1 Å². The van der Waals surface area contributed by atoms with Crippen LogP contribution in [0.4, 0.5) is 4.79 Å². The SMILES string of the molecule is O=C(NCCCc1ccccc1)N1CCC(Oc2cccc3cccnc23)C1. The van der Waals surface area contributed by atoms with Gasteiger partial charge in [-0.3, -0.25) is 4.98 Å². The van der Waals surface area contributed by atoms with Crippen LogP contribution in [-0.2, 0) is 6.42 Å². The molecule has 1 aliphatic rings. The van der Waals surface area contributed by atoms with Gasteiger partial charge in [-0.25, -0.2) is 4.79 Å². The Morgan fingerprint density at radius 1 is 1.11 bits per heavy atom. The maximum atomic E-state index is 12.4. The number of aromatic nitrogens is 1. The Hall–Kier alpha value is -3.08. The lowest BCUT2D eigenvalue weighted by atomic mass is 10.1. The van der Waals surface area contributed by atoms with E-state index in [0.29, 0.717) is 19.6 Å². The van der Waals surface area contributed by atoms with E-state index >= 15 is 0 Å². The second kappa shape index (κ2) is 8.74. The summed E-state index contributed by atoms with van der Waals surface area (Å²) in [4.78, 5) is 18.7. The van der Waals surface area contributed by atoms with Crippen molar-refractivity contribution < 1.29 is 9.53 Å². The number of carbonyl (C=O) groups excluding carboxylic acids is 1. The fourth-order valence-corrected chi connectivity index (χ4v) is 3.60. The molecule has 1 atom stereocenters. The van der Waals surface area contributed by atoms with E-state index in [1.54, 1.807) is 6.20 Å². The van der Waals surface area contributed by atoms with Crippen LogP contribution >= 0.6 is 0 Å². The number of nitrogens with one attached hydrogen (secondary N) is 1. The van der Waals surface area contributed by atoms with Crippen molar-refractivity contribution in [2.75, 3.05) is 19.6 Å². The average Bonchev–Trinajstić information content (AvgIpc) is 3.21.